The number of nitrogens with zero attached hydrogens (tertiary/aromatic N) is 1. The molecule has 4 rings (SSSR count). The van der Waals surface area contributed by atoms with Gasteiger partial charge in [0.1, 0.15) is 10.7 Å². The number of amides is 1. The number of halogens is 1. The van der Waals surface area contributed by atoms with Crippen molar-refractivity contribution >= 4 is 60.8 Å². The summed E-state index contributed by atoms with van der Waals surface area (Å²) in [4.78, 5) is 34.5. The molecule has 2 heterocycles. The van der Waals surface area contributed by atoms with Crippen molar-refractivity contribution in [3.8, 4) is 0 Å². The minimum Gasteiger partial charge on any atom is -0.326 e. The predicted molar refractivity (Wildman–Crippen MR) is 125 cm³/mol. The van der Waals surface area contributed by atoms with Crippen molar-refractivity contribution in [2.75, 3.05) is 11.1 Å². The SMILES string of the molecule is Cc1cc(NC(=O)CCSCc2nc3sc4c(c3c(=O)[nH]2)CCCC4)ccc1Br. The molecule has 0 saturated carbocycles. The molecule has 1 amide bonds. The van der Waals surface area contributed by atoms with E-state index in [1.54, 1.807) is 23.1 Å². The molecule has 0 aliphatic heterocycles. The van der Waals surface area contributed by atoms with Gasteiger partial charge in [0.15, 0.2) is 0 Å². The highest BCUT2D eigenvalue weighted by Gasteiger charge is 2.19. The van der Waals surface area contributed by atoms with Gasteiger partial charge in [-0.05, 0) is 61.9 Å². The number of H-pyrrole nitrogens is 1. The molecular formula is C21H22BrN3O2S2. The molecule has 0 radical (unpaired) electrons. The average molecular weight is 492 g/mol. The largest absolute Gasteiger partial charge is 0.326 e. The molecule has 0 saturated heterocycles. The molecule has 0 atom stereocenters. The van der Waals surface area contributed by atoms with Crippen LogP contribution in [0.1, 0.15) is 41.1 Å². The zero-order chi connectivity index (χ0) is 20.4. The van der Waals surface area contributed by atoms with E-state index in [2.05, 4.69) is 31.2 Å². The molecule has 3 aromatic rings. The van der Waals surface area contributed by atoms with Gasteiger partial charge in [0.25, 0.3) is 5.56 Å². The van der Waals surface area contributed by atoms with Gasteiger partial charge in [-0.1, -0.05) is 15.9 Å². The van der Waals surface area contributed by atoms with E-state index in [1.165, 1.54) is 16.9 Å². The number of benzene rings is 1. The number of carbonyl (C=O) groups excluding carboxylic acids is 1. The van der Waals surface area contributed by atoms with E-state index in [1.807, 2.05) is 25.1 Å². The number of rotatable bonds is 6. The number of nitrogens with one attached hydrogen (secondary N) is 2. The molecule has 0 bridgehead atoms. The van der Waals surface area contributed by atoms with Crippen molar-refractivity contribution < 1.29 is 4.79 Å². The number of aromatic amines is 1. The third-order valence-corrected chi connectivity index (χ3v) is 8.07. The summed E-state index contributed by atoms with van der Waals surface area (Å²) in [6, 6.07) is 5.76. The lowest BCUT2D eigenvalue weighted by molar-refractivity contribution is -0.115. The fourth-order valence-corrected chi connectivity index (χ4v) is 5.89. The van der Waals surface area contributed by atoms with Crippen LogP contribution in [-0.2, 0) is 23.4 Å². The summed E-state index contributed by atoms with van der Waals surface area (Å²) in [6.07, 6.45) is 4.81. The second-order valence-electron chi connectivity index (χ2n) is 7.22. The van der Waals surface area contributed by atoms with Crippen molar-refractivity contribution in [2.24, 2.45) is 0 Å². The molecule has 1 aliphatic rings. The molecular weight excluding hydrogens is 470 g/mol. The Labute approximate surface area is 185 Å². The second-order valence-corrected chi connectivity index (χ2v) is 10.3. The van der Waals surface area contributed by atoms with Crippen molar-refractivity contribution in [2.45, 2.75) is 44.8 Å². The number of aromatic nitrogens is 2. The van der Waals surface area contributed by atoms with E-state index < -0.39 is 0 Å². The third-order valence-electron chi connectivity index (χ3n) is 5.03. The molecule has 2 aromatic heterocycles. The summed E-state index contributed by atoms with van der Waals surface area (Å²) in [5.41, 5.74) is 3.08. The summed E-state index contributed by atoms with van der Waals surface area (Å²) >= 11 is 6.73. The molecule has 0 unspecified atom stereocenters. The first-order valence-electron chi connectivity index (χ1n) is 9.68. The summed E-state index contributed by atoms with van der Waals surface area (Å²) < 4.78 is 1.02. The second kappa shape index (κ2) is 9.02. The number of aryl methyl sites for hydroxylation is 3. The molecule has 2 N–H and O–H groups in total. The number of thioether (sulfide) groups is 1. The highest BCUT2D eigenvalue weighted by atomic mass is 79.9. The monoisotopic (exact) mass is 491 g/mol. The lowest BCUT2D eigenvalue weighted by Crippen LogP contribution is -2.13. The van der Waals surface area contributed by atoms with Crippen molar-refractivity contribution in [3.63, 3.8) is 0 Å². The van der Waals surface area contributed by atoms with E-state index in [0.717, 1.165) is 45.2 Å². The Kier molecular flexibility index (Phi) is 6.41. The zero-order valence-electron chi connectivity index (χ0n) is 16.1. The number of carbonyl (C=O) groups is 1. The van der Waals surface area contributed by atoms with Crippen LogP contribution in [0.25, 0.3) is 10.2 Å². The van der Waals surface area contributed by atoms with Gasteiger partial charge in [-0.25, -0.2) is 4.98 Å². The van der Waals surface area contributed by atoms with Crippen molar-refractivity contribution in [3.05, 3.63) is 54.9 Å². The van der Waals surface area contributed by atoms with E-state index in [4.69, 9.17) is 0 Å². The van der Waals surface area contributed by atoms with Crippen LogP contribution in [0.4, 0.5) is 5.69 Å². The highest BCUT2D eigenvalue weighted by molar-refractivity contribution is 9.10. The smallest absolute Gasteiger partial charge is 0.259 e. The number of hydrogen-bond acceptors (Lipinski definition) is 5. The van der Waals surface area contributed by atoms with Crippen LogP contribution in [0.3, 0.4) is 0 Å². The summed E-state index contributed by atoms with van der Waals surface area (Å²) in [5.74, 6) is 1.94. The van der Waals surface area contributed by atoms with Crippen LogP contribution in [0.15, 0.2) is 27.5 Å². The highest BCUT2D eigenvalue weighted by Crippen LogP contribution is 2.33. The van der Waals surface area contributed by atoms with Gasteiger partial charge < -0.3 is 10.3 Å². The van der Waals surface area contributed by atoms with Gasteiger partial charge >= 0.3 is 0 Å². The average Bonchev–Trinajstić information content (AvgIpc) is 3.07. The maximum Gasteiger partial charge on any atom is 0.259 e. The molecule has 5 nitrogen and oxygen atoms in total. The number of anilines is 1. The van der Waals surface area contributed by atoms with Crippen LogP contribution < -0.4 is 10.9 Å². The van der Waals surface area contributed by atoms with E-state index in [9.17, 15) is 9.59 Å². The molecule has 0 spiro atoms. The Hall–Kier alpha value is -1.64. The number of hydrogen-bond donors (Lipinski definition) is 2. The Bertz CT molecular complexity index is 1120. The number of thiophene rings is 1. The molecule has 1 aliphatic carbocycles. The minimum atomic E-state index is -0.0200. The number of fused-ring (bicyclic) bond motifs is 3. The lowest BCUT2D eigenvalue weighted by Gasteiger charge is -2.09. The van der Waals surface area contributed by atoms with Crippen LogP contribution >= 0.6 is 39.0 Å². The van der Waals surface area contributed by atoms with Gasteiger partial charge in [-0.3, -0.25) is 9.59 Å². The summed E-state index contributed by atoms with van der Waals surface area (Å²) in [7, 11) is 0. The first kappa shape index (κ1) is 20.6. The van der Waals surface area contributed by atoms with Gasteiger partial charge in [0, 0.05) is 27.2 Å². The molecule has 152 valence electrons. The molecule has 8 heteroatoms. The van der Waals surface area contributed by atoms with Crippen LogP contribution in [0.5, 0.6) is 0 Å². The molecule has 29 heavy (non-hydrogen) atoms. The Balaban J connectivity index is 1.32. The Morgan fingerprint density at radius 3 is 3.00 bits per heavy atom. The standard InChI is InChI=1S/C21H22BrN3O2S2/c1-12-10-13(6-7-15(12)22)23-18(26)8-9-28-11-17-24-20(27)19-14-4-2-3-5-16(14)29-21(19)25-17/h6-7,10H,2-5,8-9,11H2,1H3,(H,23,26)(H,24,25,27). The van der Waals surface area contributed by atoms with Gasteiger partial charge in [-0.15, -0.1) is 11.3 Å². The maximum absolute atomic E-state index is 12.6. The maximum atomic E-state index is 12.6. The summed E-state index contributed by atoms with van der Waals surface area (Å²) in [5, 5.41) is 3.72. The molecule has 1 aromatic carbocycles. The predicted octanol–water partition coefficient (Wildman–Crippen LogP) is 5.20. The topological polar surface area (TPSA) is 74.8 Å². The fourth-order valence-electron chi connectivity index (χ4n) is 3.56. The first-order chi connectivity index (χ1) is 14.0. The Morgan fingerprint density at radius 2 is 2.17 bits per heavy atom. The quantitative estimate of drug-likeness (QED) is 0.464. The molecule has 0 fully saturated rings. The summed E-state index contributed by atoms with van der Waals surface area (Å²) in [6.45, 7) is 1.99. The van der Waals surface area contributed by atoms with E-state index >= 15 is 0 Å². The zero-order valence-corrected chi connectivity index (χ0v) is 19.4. The van der Waals surface area contributed by atoms with Crippen LogP contribution in [0.2, 0.25) is 0 Å². The van der Waals surface area contributed by atoms with Gasteiger partial charge in [0.05, 0.1) is 11.1 Å². The Morgan fingerprint density at radius 1 is 1.34 bits per heavy atom. The first-order valence-corrected chi connectivity index (χ1v) is 12.4. The van der Waals surface area contributed by atoms with Crippen molar-refractivity contribution in [1.82, 2.24) is 9.97 Å². The van der Waals surface area contributed by atoms with Crippen molar-refractivity contribution in [1.29, 1.82) is 0 Å². The normalized spacial score (nSPS) is 13.4. The van der Waals surface area contributed by atoms with E-state index in [0.29, 0.717) is 23.8 Å². The van der Waals surface area contributed by atoms with Gasteiger partial charge in [-0.2, -0.15) is 11.8 Å². The van der Waals surface area contributed by atoms with E-state index in [-0.39, 0.29) is 11.5 Å². The fraction of sp³-hybridized carbons (Fsp3) is 0.381. The minimum absolute atomic E-state index is 0.0120. The van der Waals surface area contributed by atoms with Crippen LogP contribution in [-0.4, -0.2) is 21.6 Å². The third kappa shape index (κ3) is 4.75. The van der Waals surface area contributed by atoms with Crippen LogP contribution in [0, 0.1) is 6.92 Å². The van der Waals surface area contributed by atoms with Gasteiger partial charge in [0.2, 0.25) is 5.91 Å². The lowest BCUT2D eigenvalue weighted by atomic mass is 9.97.